The summed E-state index contributed by atoms with van der Waals surface area (Å²) in [5.74, 6) is -1.36. The Balaban J connectivity index is 1.64. The van der Waals surface area contributed by atoms with Gasteiger partial charge in [0.2, 0.25) is 0 Å². The molecule has 2 heterocycles. The van der Waals surface area contributed by atoms with E-state index >= 15 is 0 Å². The first kappa shape index (κ1) is 21.3. The molecule has 0 aliphatic carbocycles. The zero-order valence-electron chi connectivity index (χ0n) is 17.3. The van der Waals surface area contributed by atoms with Gasteiger partial charge in [0.1, 0.15) is 5.57 Å². The average Bonchev–Trinajstić information content (AvgIpc) is 2.75. The van der Waals surface area contributed by atoms with Crippen LogP contribution in [0.5, 0.6) is 0 Å². The lowest BCUT2D eigenvalue weighted by atomic mass is 10.0. The summed E-state index contributed by atoms with van der Waals surface area (Å²) in [6, 6.07) is 10.4. The number of morpholine rings is 1. The second-order valence-electron chi connectivity index (χ2n) is 7.54. The number of ether oxygens (including phenoxy) is 1. The number of nitrogens with one attached hydrogen (secondary N) is 1. The van der Waals surface area contributed by atoms with Crippen molar-refractivity contribution in [3.63, 3.8) is 0 Å². The number of hydrogen-bond acceptors (Lipinski definition) is 5. The van der Waals surface area contributed by atoms with Crippen molar-refractivity contribution in [1.29, 1.82) is 0 Å². The second-order valence-corrected chi connectivity index (χ2v) is 8.39. The lowest BCUT2D eigenvalue weighted by molar-refractivity contribution is -0.122. The van der Waals surface area contributed by atoms with E-state index in [9.17, 15) is 14.4 Å². The highest BCUT2D eigenvalue weighted by atomic mass is 79.9. The van der Waals surface area contributed by atoms with Gasteiger partial charge < -0.3 is 9.64 Å². The molecule has 0 radical (unpaired) electrons. The standard InChI is InChI=1S/C23H22BrN3O4/c1-14-11-19(24)20(12-15(14)2)27-22(29)18(21(28)25-23(27)30)13-16-3-5-17(6-4-16)26-7-9-31-10-8-26/h3-6,11-13H,7-10H2,1-2H3,(H,25,28,30)/b18-13-. The molecule has 0 bridgehead atoms. The Kier molecular flexibility index (Phi) is 5.93. The molecule has 2 aliphatic heterocycles. The van der Waals surface area contributed by atoms with Crippen molar-refractivity contribution in [3.8, 4) is 0 Å². The minimum absolute atomic E-state index is 0.0937. The SMILES string of the molecule is Cc1cc(Br)c(N2C(=O)NC(=O)/C(=C/c3ccc(N4CCOCC4)cc3)C2=O)cc1C. The average molecular weight is 484 g/mol. The normalized spacial score (nSPS) is 18.5. The third-order valence-corrected chi connectivity index (χ3v) is 6.12. The second kappa shape index (κ2) is 8.64. The van der Waals surface area contributed by atoms with Gasteiger partial charge in [-0.15, -0.1) is 0 Å². The van der Waals surface area contributed by atoms with E-state index < -0.39 is 17.8 Å². The van der Waals surface area contributed by atoms with Crippen LogP contribution in [-0.4, -0.2) is 44.1 Å². The molecular weight excluding hydrogens is 462 g/mol. The third-order valence-electron chi connectivity index (χ3n) is 5.49. The van der Waals surface area contributed by atoms with Crippen LogP contribution in [0.1, 0.15) is 16.7 Å². The summed E-state index contributed by atoms with van der Waals surface area (Å²) in [7, 11) is 0. The molecule has 0 saturated carbocycles. The van der Waals surface area contributed by atoms with Gasteiger partial charge in [-0.3, -0.25) is 14.9 Å². The smallest absolute Gasteiger partial charge is 0.335 e. The van der Waals surface area contributed by atoms with Crippen molar-refractivity contribution in [1.82, 2.24) is 5.32 Å². The Morgan fingerprint density at radius 2 is 1.65 bits per heavy atom. The quantitative estimate of drug-likeness (QED) is 0.533. The first-order valence-electron chi connectivity index (χ1n) is 9.96. The topological polar surface area (TPSA) is 79.0 Å². The lowest BCUT2D eigenvalue weighted by Crippen LogP contribution is -2.54. The molecule has 2 fully saturated rings. The van der Waals surface area contributed by atoms with E-state index in [1.54, 1.807) is 6.07 Å². The first-order valence-corrected chi connectivity index (χ1v) is 10.8. The molecule has 0 aromatic heterocycles. The number of urea groups is 1. The summed E-state index contributed by atoms with van der Waals surface area (Å²) < 4.78 is 5.98. The zero-order chi connectivity index (χ0) is 22.1. The van der Waals surface area contributed by atoms with Crippen LogP contribution >= 0.6 is 15.9 Å². The summed E-state index contributed by atoms with van der Waals surface area (Å²) in [6.45, 7) is 6.87. The van der Waals surface area contributed by atoms with Gasteiger partial charge >= 0.3 is 6.03 Å². The van der Waals surface area contributed by atoms with Gasteiger partial charge in [0.25, 0.3) is 11.8 Å². The highest BCUT2D eigenvalue weighted by Crippen LogP contribution is 2.32. The molecule has 0 spiro atoms. The van der Waals surface area contributed by atoms with E-state index in [0.717, 1.165) is 34.8 Å². The minimum Gasteiger partial charge on any atom is -0.378 e. The van der Waals surface area contributed by atoms with Gasteiger partial charge in [-0.2, -0.15) is 0 Å². The van der Waals surface area contributed by atoms with Crippen LogP contribution in [0, 0.1) is 13.8 Å². The molecule has 2 saturated heterocycles. The van der Waals surface area contributed by atoms with Gasteiger partial charge in [-0.1, -0.05) is 12.1 Å². The molecule has 160 valence electrons. The largest absolute Gasteiger partial charge is 0.378 e. The van der Waals surface area contributed by atoms with Crippen LogP contribution in [0.2, 0.25) is 0 Å². The maximum absolute atomic E-state index is 13.1. The number of carbonyl (C=O) groups excluding carboxylic acids is 3. The predicted molar refractivity (Wildman–Crippen MR) is 122 cm³/mol. The molecule has 2 aliphatic rings. The number of barbiturate groups is 1. The monoisotopic (exact) mass is 483 g/mol. The van der Waals surface area contributed by atoms with Gasteiger partial charge in [0.05, 0.1) is 18.9 Å². The summed E-state index contributed by atoms with van der Waals surface area (Å²) >= 11 is 3.43. The highest BCUT2D eigenvalue weighted by molar-refractivity contribution is 9.10. The maximum Gasteiger partial charge on any atom is 0.335 e. The predicted octanol–water partition coefficient (Wildman–Crippen LogP) is 3.57. The third kappa shape index (κ3) is 4.26. The molecule has 1 N–H and O–H groups in total. The summed E-state index contributed by atoms with van der Waals surface area (Å²) in [4.78, 5) is 41.3. The molecule has 0 atom stereocenters. The van der Waals surface area contributed by atoms with Crippen molar-refractivity contribution in [2.75, 3.05) is 36.1 Å². The maximum atomic E-state index is 13.1. The Bertz CT molecular complexity index is 1090. The van der Waals surface area contributed by atoms with Gasteiger partial charge in [0.15, 0.2) is 0 Å². The number of rotatable bonds is 3. The summed E-state index contributed by atoms with van der Waals surface area (Å²) in [5, 5.41) is 2.27. The highest BCUT2D eigenvalue weighted by Gasteiger charge is 2.37. The van der Waals surface area contributed by atoms with Crippen LogP contribution in [0.25, 0.3) is 6.08 Å². The van der Waals surface area contributed by atoms with Crippen molar-refractivity contribution < 1.29 is 19.1 Å². The fourth-order valence-corrected chi connectivity index (χ4v) is 4.22. The Morgan fingerprint density at radius 1 is 1.00 bits per heavy atom. The number of halogens is 1. The number of amides is 4. The van der Waals surface area contributed by atoms with Crippen LogP contribution in [0.15, 0.2) is 46.4 Å². The van der Waals surface area contributed by atoms with Crippen LogP contribution in [-0.2, 0) is 14.3 Å². The number of benzene rings is 2. The molecule has 8 heteroatoms. The Morgan fingerprint density at radius 3 is 2.32 bits per heavy atom. The van der Waals surface area contributed by atoms with E-state index in [4.69, 9.17) is 4.74 Å². The van der Waals surface area contributed by atoms with Gasteiger partial charge in [-0.05, 0) is 76.8 Å². The van der Waals surface area contributed by atoms with E-state index in [2.05, 4.69) is 26.1 Å². The van der Waals surface area contributed by atoms with Crippen LogP contribution in [0.4, 0.5) is 16.2 Å². The van der Waals surface area contributed by atoms with Crippen LogP contribution in [0.3, 0.4) is 0 Å². The van der Waals surface area contributed by atoms with E-state index in [1.165, 1.54) is 6.08 Å². The molecule has 0 unspecified atom stereocenters. The van der Waals surface area contributed by atoms with Crippen molar-refractivity contribution in [3.05, 3.63) is 63.1 Å². The van der Waals surface area contributed by atoms with Crippen LogP contribution < -0.4 is 15.1 Å². The Hall–Kier alpha value is -2.97. The van der Waals surface area contributed by atoms with E-state index in [-0.39, 0.29) is 5.57 Å². The molecule has 4 rings (SSSR count). The molecule has 2 aromatic rings. The number of aryl methyl sites for hydroxylation is 2. The van der Waals surface area contributed by atoms with E-state index in [1.807, 2.05) is 44.2 Å². The number of hydrogen-bond donors (Lipinski definition) is 1. The molecule has 7 nitrogen and oxygen atoms in total. The number of anilines is 2. The molecule has 2 aromatic carbocycles. The fraction of sp³-hybridized carbons (Fsp3) is 0.261. The summed E-state index contributed by atoms with van der Waals surface area (Å²) in [6.07, 6.45) is 1.51. The minimum atomic E-state index is -0.765. The zero-order valence-corrected chi connectivity index (χ0v) is 18.9. The van der Waals surface area contributed by atoms with Crippen molar-refractivity contribution in [2.45, 2.75) is 13.8 Å². The fourth-order valence-electron chi connectivity index (χ4n) is 3.58. The molecule has 31 heavy (non-hydrogen) atoms. The number of carbonyl (C=O) groups is 3. The van der Waals surface area contributed by atoms with E-state index in [0.29, 0.717) is 28.9 Å². The van der Waals surface area contributed by atoms with Gasteiger partial charge in [0, 0.05) is 23.2 Å². The van der Waals surface area contributed by atoms with Crippen molar-refractivity contribution >= 4 is 51.2 Å². The van der Waals surface area contributed by atoms with Crippen molar-refractivity contribution in [2.24, 2.45) is 0 Å². The van der Waals surface area contributed by atoms with Gasteiger partial charge in [-0.25, -0.2) is 9.69 Å². The summed E-state index contributed by atoms with van der Waals surface area (Å²) in [5.41, 5.74) is 4.01. The molecular formula is C23H22BrN3O4. The lowest BCUT2D eigenvalue weighted by Gasteiger charge is -2.29. The first-order chi connectivity index (χ1) is 14.8. The number of nitrogens with zero attached hydrogens (tertiary/aromatic N) is 2. The molecule has 4 amide bonds. The number of imide groups is 2. The Labute approximate surface area is 188 Å².